The van der Waals surface area contributed by atoms with Gasteiger partial charge < -0.3 is 4.74 Å². The van der Waals surface area contributed by atoms with E-state index in [1.54, 1.807) is 60.5 Å². The molecule has 0 radical (unpaired) electrons. The van der Waals surface area contributed by atoms with Crippen LogP contribution >= 0.6 is 22.9 Å². The highest BCUT2D eigenvalue weighted by Crippen LogP contribution is 2.48. The van der Waals surface area contributed by atoms with Crippen LogP contribution < -0.4 is 9.96 Å². The number of imide groups is 1. The minimum atomic E-state index is -0.954. The lowest BCUT2D eigenvalue weighted by molar-refractivity contribution is -0.126. The van der Waals surface area contributed by atoms with Crippen molar-refractivity contribution in [2.24, 2.45) is 5.92 Å². The van der Waals surface area contributed by atoms with E-state index >= 15 is 0 Å². The number of halogens is 1. The first-order valence-electron chi connectivity index (χ1n) is 10.4. The van der Waals surface area contributed by atoms with Crippen molar-refractivity contribution in [1.82, 2.24) is 0 Å². The van der Waals surface area contributed by atoms with E-state index in [1.165, 1.54) is 11.3 Å². The second-order valence-electron chi connectivity index (χ2n) is 7.59. The summed E-state index contributed by atoms with van der Waals surface area (Å²) in [7, 11) is 0. The van der Waals surface area contributed by atoms with Crippen LogP contribution in [0.3, 0.4) is 0 Å². The molecule has 0 bridgehead atoms. The molecule has 9 heteroatoms. The van der Waals surface area contributed by atoms with Gasteiger partial charge in [-0.25, -0.2) is 14.8 Å². The summed E-state index contributed by atoms with van der Waals surface area (Å²) >= 11 is 7.53. The second-order valence-corrected chi connectivity index (χ2v) is 9.01. The average Bonchev–Trinajstić information content (AvgIpc) is 3.52. The Hall–Kier alpha value is -3.20. The Morgan fingerprint density at radius 2 is 1.73 bits per heavy atom. The van der Waals surface area contributed by atoms with E-state index in [1.807, 2.05) is 17.5 Å². The number of hydroxylamine groups is 1. The quantitative estimate of drug-likeness (QED) is 0.390. The third-order valence-electron chi connectivity index (χ3n) is 5.67. The Balaban J connectivity index is 1.48. The molecule has 2 amide bonds. The van der Waals surface area contributed by atoms with Crippen LogP contribution in [0.15, 0.2) is 66.0 Å². The SMILES string of the molecule is CCOC(=O)c1ccc(N2C(=O)[C@@H]3[C@@H](ON(c4ccc(Cl)cc4)[C@H]3c3cccs3)C2=O)cc1. The van der Waals surface area contributed by atoms with E-state index in [4.69, 9.17) is 21.2 Å². The summed E-state index contributed by atoms with van der Waals surface area (Å²) in [6, 6.07) is 16.7. The Kier molecular flexibility index (Phi) is 5.65. The van der Waals surface area contributed by atoms with E-state index in [0.29, 0.717) is 22.0 Å². The number of carbonyl (C=O) groups excluding carboxylic acids is 3. The fourth-order valence-electron chi connectivity index (χ4n) is 4.19. The number of amides is 2. The number of rotatable bonds is 5. The zero-order valence-corrected chi connectivity index (χ0v) is 19.1. The number of fused-ring (bicyclic) bond motifs is 1. The van der Waals surface area contributed by atoms with Crippen LogP contribution in [0, 0.1) is 5.92 Å². The predicted octanol–water partition coefficient (Wildman–Crippen LogP) is 4.63. The first-order chi connectivity index (χ1) is 16.0. The molecule has 2 fully saturated rings. The lowest BCUT2D eigenvalue weighted by Gasteiger charge is -2.27. The Morgan fingerprint density at radius 3 is 2.36 bits per heavy atom. The molecule has 7 nitrogen and oxygen atoms in total. The predicted molar refractivity (Wildman–Crippen MR) is 124 cm³/mol. The van der Waals surface area contributed by atoms with Crippen molar-refractivity contribution in [3.8, 4) is 0 Å². The van der Waals surface area contributed by atoms with E-state index in [0.717, 1.165) is 9.78 Å². The average molecular weight is 483 g/mol. The normalized spacial score (nSPS) is 22.1. The van der Waals surface area contributed by atoms with Crippen LogP contribution in [0.4, 0.5) is 11.4 Å². The Labute approximate surface area is 199 Å². The molecular formula is C24H19ClN2O5S. The molecule has 0 aliphatic carbocycles. The van der Waals surface area contributed by atoms with Gasteiger partial charge in [-0.05, 0) is 66.9 Å². The molecule has 2 aromatic carbocycles. The lowest BCUT2D eigenvalue weighted by atomic mass is 9.95. The zero-order chi connectivity index (χ0) is 23.1. The molecule has 0 unspecified atom stereocenters. The van der Waals surface area contributed by atoms with Crippen molar-refractivity contribution < 1.29 is 24.0 Å². The molecule has 1 aromatic heterocycles. The molecule has 5 rings (SSSR count). The van der Waals surface area contributed by atoms with Gasteiger partial charge in [-0.3, -0.25) is 14.4 Å². The monoisotopic (exact) mass is 482 g/mol. The number of nitrogens with zero attached hydrogens (tertiary/aromatic N) is 2. The maximum absolute atomic E-state index is 13.5. The smallest absolute Gasteiger partial charge is 0.338 e. The molecule has 2 aliphatic heterocycles. The molecule has 3 aromatic rings. The van der Waals surface area contributed by atoms with Crippen LogP contribution in [0.1, 0.15) is 28.2 Å². The van der Waals surface area contributed by atoms with E-state index in [9.17, 15) is 14.4 Å². The molecule has 3 heterocycles. The van der Waals surface area contributed by atoms with Gasteiger partial charge in [-0.1, -0.05) is 17.7 Å². The molecule has 3 atom stereocenters. The summed E-state index contributed by atoms with van der Waals surface area (Å²) in [6.07, 6.45) is -0.954. The van der Waals surface area contributed by atoms with Gasteiger partial charge in [0.2, 0.25) is 5.91 Å². The Bertz CT molecular complexity index is 1200. The van der Waals surface area contributed by atoms with Gasteiger partial charge in [0.1, 0.15) is 12.0 Å². The highest BCUT2D eigenvalue weighted by atomic mass is 35.5. The van der Waals surface area contributed by atoms with E-state index in [-0.39, 0.29) is 12.5 Å². The van der Waals surface area contributed by atoms with Crippen molar-refractivity contribution in [2.45, 2.75) is 19.1 Å². The van der Waals surface area contributed by atoms with Gasteiger partial charge in [-0.15, -0.1) is 11.3 Å². The number of carbonyl (C=O) groups is 3. The van der Waals surface area contributed by atoms with Crippen LogP contribution in [0.2, 0.25) is 5.02 Å². The minimum absolute atomic E-state index is 0.263. The molecule has 2 aliphatic rings. The van der Waals surface area contributed by atoms with E-state index in [2.05, 4.69) is 0 Å². The molecule has 0 saturated carbocycles. The van der Waals surface area contributed by atoms with E-state index < -0.39 is 29.9 Å². The zero-order valence-electron chi connectivity index (χ0n) is 17.5. The number of benzene rings is 2. The molecule has 168 valence electrons. The Morgan fingerprint density at radius 1 is 1.03 bits per heavy atom. The number of thiophene rings is 1. The summed E-state index contributed by atoms with van der Waals surface area (Å²) in [5, 5.41) is 4.14. The topological polar surface area (TPSA) is 76.2 Å². The molecule has 2 saturated heterocycles. The van der Waals surface area contributed by atoms with Gasteiger partial charge in [-0.2, -0.15) is 0 Å². The summed E-state index contributed by atoms with van der Waals surface area (Å²) in [5.41, 5.74) is 1.44. The number of ether oxygens (including phenoxy) is 1. The van der Waals surface area contributed by atoms with Gasteiger partial charge in [0.05, 0.1) is 23.5 Å². The van der Waals surface area contributed by atoms with Crippen molar-refractivity contribution in [1.29, 1.82) is 0 Å². The molecule has 33 heavy (non-hydrogen) atoms. The number of hydrogen-bond donors (Lipinski definition) is 0. The molecule has 0 N–H and O–H groups in total. The van der Waals surface area contributed by atoms with Crippen LogP contribution in [0.5, 0.6) is 0 Å². The lowest BCUT2D eigenvalue weighted by Crippen LogP contribution is -2.37. The number of esters is 1. The van der Waals surface area contributed by atoms with Crippen molar-refractivity contribution in [3.63, 3.8) is 0 Å². The second kappa shape index (κ2) is 8.62. The number of anilines is 2. The maximum atomic E-state index is 13.5. The first-order valence-corrected chi connectivity index (χ1v) is 11.7. The third-order valence-corrected chi connectivity index (χ3v) is 6.86. The minimum Gasteiger partial charge on any atom is -0.462 e. The van der Waals surface area contributed by atoms with Gasteiger partial charge in [0.15, 0.2) is 6.10 Å². The van der Waals surface area contributed by atoms with Crippen molar-refractivity contribution >= 4 is 52.1 Å². The maximum Gasteiger partial charge on any atom is 0.338 e. The number of hydrogen-bond acceptors (Lipinski definition) is 7. The standard InChI is InChI=1S/C24H19ClN2O5S/c1-2-31-24(30)14-5-9-16(10-6-14)26-22(28)19-20(18-4-3-13-33-18)27(32-21(19)23(26)29)17-11-7-15(25)8-12-17/h3-13,19-21H,2H2,1H3/t19-,20-,21+/m0/s1. The summed E-state index contributed by atoms with van der Waals surface area (Å²) in [4.78, 5) is 46.9. The molecular weight excluding hydrogens is 464 g/mol. The summed E-state index contributed by atoms with van der Waals surface area (Å²) in [6.45, 7) is 1.99. The summed E-state index contributed by atoms with van der Waals surface area (Å²) < 4.78 is 4.99. The highest BCUT2D eigenvalue weighted by molar-refractivity contribution is 7.10. The fraction of sp³-hybridized carbons (Fsp3) is 0.208. The summed E-state index contributed by atoms with van der Waals surface area (Å²) in [5.74, 6) is -1.95. The van der Waals surface area contributed by atoms with Gasteiger partial charge >= 0.3 is 5.97 Å². The van der Waals surface area contributed by atoms with Crippen molar-refractivity contribution in [2.75, 3.05) is 16.6 Å². The third kappa shape index (κ3) is 3.70. The van der Waals surface area contributed by atoms with Gasteiger partial charge in [0.25, 0.3) is 5.91 Å². The largest absolute Gasteiger partial charge is 0.462 e. The van der Waals surface area contributed by atoms with Gasteiger partial charge in [0, 0.05) is 9.90 Å². The first kappa shape index (κ1) is 21.6. The highest BCUT2D eigenvalue weighted by Gasteiger charge is 2.60. The van der Waals surface area contributed by atoms with Crippen LogP contribution in [-0.2, 0) is 19.2 Å². The van der Waals surface area contributed by atoms with Crippen molar-refractivity contribution in [3.05, 3.63) is 81.5 Å². The van der Waals surface area contributed by atoms with Crippen LogP contribution in [-0.4, -0.2) is 30.5 Å². The van der Waals surface area contributed by atoms with Crippen LogP contribution in [0.25, 0.3) is 0 Å². The molecule has 0 spiro atoms. The fourth-order valence-corrected chi connectivity index (χ4v) is 5.17.